The van der Waals surface area contributed by atoms with Crippen molar-refractivity contribution >= 4 is 35.6 Å². The van der Waals surface area contributed by atoms with Gasteiger partial charge in [0.05, 0.1) is 0 Å². The maximum atomic E-state index is 12.5. The minimum atomic E-state index is -0.0851. The monoisotopic (exact) mass is 353 g/mol. The van der Waals surface area contributed by atoms with E-state index < -0.39 is 0 Å². The van der Waals surface area contributed by atoms with Crippen molar-refractivity contribution in [3.63, 3.8) is 0 Å². The molecule has 0 saturated heterocycles. The lowest BCUT2D eigenvalue weighted by Crippen LogP contribution is -2.30. The number of carbonyl (C=O) groups excluding carboxylic acids is 2. The summed E-state index contributed by atoms with van der Waals surface area (Å²) in [7, 11) is 0. The van der Waals surface area contributed by atoms with E-state index >= 15 is 0 Å². The molecule has 0 bridgehead atoms. The van der Waals surface area contributed by atoms with Crippen LogP contribution in [0, 0.1) is 24.7 Å². The van der Waals surface area contributed by atoms with Crippen molar-refractivity contribution in [2.75, 3.05) is 17.2 Å². The molecular formula is C18H28ClN3O2. The number of carbonyl (C=O) groups is 2. The van der Waals surface area contributed by atoms with E-state index in [9.17, 15) is 9.59 Å². The molecule has 134 valence electrons. The van der Waals surface area contributed by atoms with Gasteiger partial charge in [-0.05, 0) is 49.9 Å². The third kappa shape index (κ3) is 4.95. The van der Waals surface area contributed by atoms with E-state index in [-0.39, 0.29) is 42.0 Å². The third-order valence-corrected chi connectivity index (χ3v) is 4.59. The van der Waals surface area contributed by atoms with Crippen molar-refractivity contribution in [1.82, 2.24) is 0 Å². The van der Waals surface area contributed by atoms with E-state index in [1.807, 2.05) is 39.0 Å². The fraction of sp³-hybridized carbons (Fsp3) is 0.556. The molecule has 0 spiro atoms. The smallest absolute Gasteiger partial charge is 0.227 e. The Labute approximate surface area is 150 Å². The van der Waals surface area contributed by atoms with Crippen molar-refractivity contribution in [3.8, 4) is 0 Å². The van der Waals surface area contributed by atoms with Crippen LogP contribution < -0.4 is 16.4 Å². The molecule has 2 atom stereocenters. The number of benzene rings is 1. The molecule has 24 heavy (non-hydrogen) atoms. The zero-order chi connectivity index (χ0) is 17.0. The minimum Gasteiger partial charge on any atom is -0.330 e. The molecule has 1 aromatic rings. The molecule has 2 amide bonds. The van der Waals surface area contributed by atoms with Gasteiger partial charge in [0.2, 0.25) is 11.8 Å². The van der Waals surface area contributed by atoms with E-state index in [0.29, 0.717) is 12.2 Å². The van der Waals surface area contributed by atoms with Crippen LogP contribution in [0.1, 0.15) is 38.7 Å². The van der Waals surface area contributed by atoms with Crippen LogP contribution in [0.4, 0.5) is 11.4 Å². The van der Waals surface area contributed by atoms with Gasteiger partial charge in [0, 0.05) is 23.2 Å². The van der Waals surface area contributed by atoms with Crippen LogP contribution in [0.5, 0.6) is 0 Å². The van der Waals surface area contributed by atoms with Crippen LogP contribution in [-0.2, 0) is 9.59 Å². The number of hydrogen-bond acceptors (Lipinski definition) is 3. The van der Waals surface area contributed by atoms with Crippen LogP contribution in [0.2, 0.25) is 0 Å². The third-order valence-electron chi connectivity index (χ3n) is 4.59. The highest BCUT2D eigenvalue weighted by molar-refractivity contribution is 5.96. The first-order valence-electron chi connectivity index (χ1n) is 8.34. The summed E-state index contributed by atoms with van der Waals surface area (Å²) in [5.74, 6) is 0.184. The average molecular weight is 354 g/mol. The summed E-state index contributed by atoms with van der Waals surface area (Å²) < 4.78 is 0. The highest BCUT2D eigenvalue weighted by Crippen LogP contribution is 2.32. The van der Waals surface area contributed by atoms with Gasteiger partial charge in [0.15, 0.2) is 0 Å². The van der Waals surface area contributed by atoms with E-state index in [1.165, 1.54) is 0 Å². The van der Waals surface area contributed by atoms with Crippen LogP contribution in [0.3, 0.4) is 0 Å². The van der Waals surface area contributed by atoms with Crippen LogP contribution in [0.25, 0.3) is 0 Å². The first kappa shape index (κ1) is 20.5. The molecular weight excluding hydrogens is 326 g/mol. The van der Waals surface area contributed by atoms with Crippen LogP contribution in [0.15, 0.2) is 18.2 Å². The van der Waals surface area contributed by atoms with E-state index in [1.54, 1.807) is 0 Å². The van der Waals surface area contributed by atoms with Crippen molar-refractivity contribution in [1.29, 1.82) is 0 Å². The van der Waals surface area contributed by atoms with E-state index in [0.717, 1.165) is 30.5 Å². The number of anilines is 2. The van der Waals surface area contributed by atoms with Gasteiger partial charge in [-0.15, -0.1) is 12.4 Å². The highest BCUT2D eigenvalue weighted by atomic mass is 35.5. The largest absolute Gasteiger partial charge is 0.330 e. The second kappa shape index (κ2) is 9.04. The molecule has 6 heteroatoms. The molecule has 0 radical (unpaired) electrons. The van der Waals surface area contributed by atoms with Gasteiger partial charge in [0.1, 0.15) is 0 Å². The normalized spacial score (nSPS) is 19.7. The van der Waals surface area contributed by atoms with E-state index in [2.05, 4.69) is 10.6 Å². The molecule has 0 unspecified atom stereocenters. The summed E-state index contributed by atoms with van der Waals surface area (Å²) in [6.45, 7) is 6.19. The molecule has 0 aromatic heterocycles. The Bertz CT molecular complexity index is 590. The number of nitrogens with two attached hydrogens (primary N) is 1. The number of aryl methyl sites for hydroxylation is 1. The Hall–Kier alpha value is -1.59. The van der Waals surface area contributed by atoms with Crippen molar-refractivity contribution in [3.05, 3.63) is 23.8 Å². The number of amides is 2. The molecule has 1 aliphatic carbocycles. The average Bonchev–Trinajstić information content (AvgIpc) is 2.99. The van der Waals surface area contributed by atoms with Gasteiger partial charge < -0.3 is 16.4 Å². The maximum Gasteiger partial charge on any atom is 0.227 e. The molecule has 1 fully saturated rings. The Morgan fingerprint density at radius 2 is 1.96 bits per heavy atom. The van der Waals surface area contributed by atoms with Crippen LogP contribution >= 0.6 is 12.4 Å². The molecule has 1 aliphatic rings. The Morgan fingerprint density at radius 1 is 1.25 bits per heavy atom. The van der Waals surface area contributed by atoms with Crippen molar-refractivity contribution < 1.29 is 9.59 Å². The second-order valence-electron chi connectivity index (χ2n) is 6.70. The Kier molecular flexibility index (Phi) is 7.70. The number of rotatable bonds is 5. The Morgan fingerprint density at radius 3 is 2.58 bits per heavy atom. The van der Waals surface area contributed by atoms with Gasteiger partial charge in [-0.3, -0.25) is 9.59 Å². The lowest BCUT2D eigenvalue weighted by Gasteiger charge is -2.19. The van der Waals surface area contributed by atoms with Crippen LogP contribution in [-0.4, -0.2) is 18.4 Å². The quantitative estimate of drug-likeness (QED) is 0.759. The van der Waals surface area contributed by atoms with Gasteiger partial charge in [-0.1, -0.05) is 26.3 Å². The lowest BCUT2D eigenvalue weighted by molar-refractivity contribution is -0.121. The fourth-order valence-electron chi connectivity index (χ4n) is 3.01. The second-order valence-corrected chi connectivity index (χ2v) is 6.70. The Balaban J connectivity index is 0.00000288. The molecule has 5 nitrogen and oxygen atoms in total. The highest BCUT2D eigenvalue weighted by Gasteiger charge is 2.32. The first-order chi connectivity index (χ1) is 10.9. The van der Waals surface area contributed by atoms with Crippen molar-refractivity contribution in [2.24, 2.45) is 23.5 Å². The summed E-state index contributed by atoms with van der Waals surface area (Å²) >= 11 is 0. The molecule has 0 heterocycles. The summed E-state index contributed by atoms with van der Waals surface area (Å²) in [6.07, 6.45) is 2.98. The van der Waals surface area contributed by atoms with Crippen molar-refractivity contribution in [2.45, 2.75) is 40.0 Å². The molecule has 1 aromatic carbocycles. The summed E-state index contributed by atoms with van der Waals surface area (Å²) in [6, 6.07) is 5.57. The van der Waals surface area contributed by atoms with E-state index in [4.69, 9.17) is 5.73 Å². The SMILES string of the molecule is Cc1ccc(NC(=O)C(C)C)cc1NC(=O)[C@@H]1CCC[C@@H]1CN.Cl. The predicted molar refractivity (Wildman–Crippen MR) is 100 cm³/mol. The molecule has 2 rings (SSSR count). The first-order valence-corrected chi connectivity index (χ1v) is 8.34. The lowest BCUT2D eigenvalue weighted by atomic mass is 9.95. The van der Waals surface area contributed by atoms with Gasteiger partial charge >= 0.3 is 0 Å². The maximum absolute atomic E-state index is 12.5. The zero-order valence-electron chi connectivity index (χ0n) is 14.6. The minimum absolute atomic E-state index is 0. The zero-order valence-corrected chi connectivity index (χ0v) is 15.4. The van der Waals surface area contributed by atoms with Gasteiger partial charge in [-0.2, -0.15) is 0 Å². The fourth-order valence-corrected chi connectivity index (χ4v) is 3.01. The van der Waals surface area contributed by atoms with Gasteiger partial charge in [0.25, 0.3) is 0 Å². The molecule has 1 saturated carbocycles. The summed E-state index contributed by atoms with van der Waals surface area (Å²) in [5, 5.41) is 5.87. The number of halogens is 1. The number of nitrogens with one attached hydrogen (secondary N) is 2. The topological polar surface area (TPSA) is 84.2 Å². The molecule has 0 aliphatic heterocycles. The predicted octanol–water partition coefficient (Wildman–Crippen LogP) is 3.32. The summed E-state index contributed by atoms with van der Waals surface area (Å²) in [5.41, 5.74) is 8.19. The van der Waals surface area contributed by atoms with Gasteiger partial charge in [-0.25, -0.2) is 0 Å². The number of hydrogen-bond donors (Lipinski definition) is 3. The molecule has 4 N–H and O–H groups in total. The summed E-state index contributed by atoms with van der Waals surface area (Å²) in [4.78, 5) is 24.3. The standard InChI is InChI=1S/C18H27N3O2.ClH/c1-11(2)17(22)20-14-8-7-12(3)16(9-14)21-18(23)15-6-4-5-13(15)10-19;/h7-9,11,13,15H,4-6,10,19H2,1-3H3,(H,20,22)(H,21,23);1H/t13-,15-;/m1./s1.